The molecule has 2 aromatic rings. The first-order valence-corrected chi connectivity index (χ1v) is 6.93. The van der Waals surface area contributed by atoms with Gasteiger partial charge in [0, 0.05) is 11.8 Å². The topological polar surface area (TPSA) is 58.6 Å². The molecule has 0 radical (unpaired) electrons. The van der Waals surface area contributed by atoms with Gasteiger partial charge >= 0.3 is 0 Å². The molecule has 0 heterocycles. The molecular weight excluding hydrogens is 278 g/mol. The van der Waals surface area contributed by atoms with Gasteiger partial charge in [0.25, 0.3) is 0 Å². The first-order valence-electron chi connectivity index (χ1n) is 6.93. The van der Waals surface area contributed by atoms with Gasteiger partial charge in [-0.15, -0.1) is 0 Å². The fourth-order valence-electron chi connectivity index (χ4n) is 1.97. The molecule has 2 rings (SSSR count). The minimum atomic E-state index is -0.213. The summed E-state index contributed by atoms with van der Waals surface area (Å²) in [5.41, 5.74) is 3.85. The number of amides is 1. The summed E-state index contributed by atoms with van der Waals surface area (Å²) in [6.45, 7) is 4.03. The molecular formula is C18H19NO3. The number of phenols is 1. The zero-order valence-corrected chi connectivity index (χ0v) is 12.9. The van der Waals surface area contributed by atoms with E-state index in [-0.39, 0.29) is 11.7 Å². The van der Waals surface area contributed by atoms with Crippen LogP contribution < -0.4 is 10.1 Å². The third-order valence-corrected chi connectivity index (χ3v) is 3.41. The van der Waals surface area contributed by atoms with Crippen LogP contribution in [0.4, 0.5) is 5.69 Å². The summed E-state index contributed by atoms with van der Waals surface area (Å²) in [6.07, 6.45) is 3.11. The largest absolute Gasteiger partial charge is 0.504 e. The molecule has 0 aliphatic rings. The van der Waals surface area contributed by atoms with Crippen LogP contribution in [-0.4, -0.2) is 18.1 Å². The predicted octanol–water partition coefficient (Wildman–Crippen LogP) is 3.67. The van der Waals surface area contributed by atoms with Gasteiger partial charge in [0.1, 0.15) is 0 Å². The number of aryl methyl sites for hydroxylation is 2. The number of hydrogen-bond donors (Lipinski definition) is 2. The van der Waals surface area contributed by atoms with Crippen molar-refractivity contribution in [3.05, 3.63) is 59.2 Å². The lowest BCUT2D eigenvalue weighted by Gasteiger charge is -2.06. The highest BCUT2D eigenvalue weighted by Crippen LogP contribution is 2.26. The second-order valence-electron chi connectivity index (χ2n) is 5.05. The number of phenolic OH excluding ortho intramolecular Hbond substituents is 1. The number of hydrogen-bond acceptors (Lipinski definition) is 3. The molecule has 0 bridgehead atoms. The fraction of sp³-hybridized carbons (Fsp3) is 0.167. The number of benzene rings is 2. The zero-order valence-electron chi connectivity index (χ0n) is 12.9. The summed E-state index contributed by atoms with van der Waals surface area (Å²) in [6, 6.07) is 10.7. The minimum absolute atomic E-state index is 0.0687. The molecule has 0 fully saturated rings. The van der Waals surface area contributed by atoms with Crippen LogP contribution in [0, 0.1) is 13.8 Å². The number of carbonyl (C=O) groups excluding carboxylic acids is 1. The molecule has 2 N–H and O–H groups in total. The molecule has 1 amide bonds. The van der Waals surface area contributed by atoms with Crippen LogP contribution in [0.2, 0.25) is 0 Å². The summed E-state index contributed by atoms with van der Waals surface area (Å²) < 4.78 is 5.03. The smallest absolute Gasteiger partial charge is 0.248 e. The van der Waals surface area contributed by atoms with Gasteiger partial charge in [0.2, 0.25) is 5.91 Å². The number of methoxy groups -OCH3 is 1. The molecule has 0 aliphatic carbocycles. The van der Waals surface area contributed by atoms with E-state index in [1.54, 1.807) is 18.2 Å². The summed E-state index contributed by atoms with van der Waals surface area (Å²) in [4.78, 5) is 11.9. The van der Waals surface area contributed by atoms with Crippen molar-refractivity contribution < 1.29 is 14.6 Å². The van der Waals surface area contributed by atoms with Crippen LogP contribution in [0.3, 0.4) is 0 Å². The first kappa shape index (κ1) is 15.6. The van der Waals surface area contributed by atoms with E-state index in [1.165, 1.54) is 24.8 Å². The Morgan fingerprint density at radius 3 is 2.59 bits per heavy atom. The Labute approximate surface area is 130 Å². The Morgan fingerprint density at radius 2 is 1.91 bits per heavy atom. The minimum Gasteiger partial charge on any atom is -0.504 e. The van der Waals surface area contributed by atoms with Crippen molar-refractivity contribution in [2.75, 3.05) is 12.4 Å². The van der Waals surface area contributed by atoms with Crippen molar-refractivity contribution in [3.63, 3.8) is 0 Å². The summed E-state index contributed by atoms with van der Waals surface area (Å²) >= 11 is 0. The van der Waals surface area contributed by atoms with E-state index >= 15 is 0 Å². The van der Waals surface area contributed by atoms with Crippen molar-refractivity contribution in [2.45, 2.75) is 13.8 Å². The number of anilines is 1. The lowest BCUT2D eigenvalue weighted by molar-refractivity contribution is -0.111. The SMILES string of the molecule is COc1cc(/C=C/C(=O)Nc2ccc(C)c(C)c2)ccc1O. The Hall–Kier alpha value is -2.75. The van der Waals surface area contributed by atoms with Crippen LogP contribution in [0.1, 0.15) is 16.7 Å². The van der Waals surface area contributed by atoms with Gasteiger partial charge in [-0.1, -0.05) is 12.1 Å². The average molecular weight is 297 g/mol. The first-order chi connectivity index (χ1) is 10.5. The van der Waals surface area contributed by atoms with Crippen molar-refractivity contribution in [1.82, 2.24) is 0 Å². The van der Waals surface area contributed by atoms with E-state index < -0.39 is 0 Å². The summed E-state index contributed by atoms with van der Waals surface area (Å²) in [5, 5.41) is 12.3. The monoisotopic (exact) mass is 297 g/mol. The molecule has 114 valence electrons. The lowest BCUT2D eigenvalue weighted by Crippen LogP contribution is -2.07. The van der Waals surface area contributed by atoms with Gasteiger partial charge < -0.3 is 15.2 Å². The predicted molar refractivity (Wildman–Crippen MR) is 88.2 cm³/mol. The van der Waals surface area contributed by atoms with Crippen LogP contribution >= 0.6 is 0 Å². The number of ether oxygens (including phenoxy) is 1. The maximum absolute atomic E-state index is 11.9. The highest BCUT2D eigenvalue weighted by molar-refractivity contribution is 6.02. The quantitative estimate of drug-likeness (QED) is 0.847. The van der Waals surface area contributed by atoms with Gasteiger partial charge in [-0.3, -0.25) is 4.79 Å². The van der Waals surface area contributed by atoms with E-state index in [0.29, 0.717) is 5.75 Å². The van der Waals surface area contributed by atoms with E-state index in [9.17, 15) is 9.90 Å². The third kappa shape index (κ3) is 3.88. The molecule has 0 aliphatic heterocycles. The second-order valence-corrected chi connectivity index (χ2v) is 5.05. The maximum Gasteiger partial charge on any atom is 0.248 e. The number of rotatable bonds is 4. The van der Waals surface area contributed by atoms with Crippen LogP contribution in [0.5, 0.6) is 11.5 Å². The fourth-order valence-corrected chi connectivity index (χ4v) is 1.97. The molecule has 0 spiro atoms. The Balaban J connectivity index is 2.06. The molecule has 0 atom stereocenters. The van der Waals surface area contributed by atoms with E-state index in [4.69, 9.17) is 4.74 Å². The Morgan fingerprint density at radius 1 is 1.14 bits per heavy atom. The van der Waals surface area contributed by atoms with Crippen LogP contribution in [-0.2, 0) is 4.79 Å². The average Bonchev–Trinajstić information content (AvgIpc) is 2.50. The molecule has 4 heteroatoms. The molecule has 0 saturated heterocycles. The normalized spacial score (nSPS) is 10.7. The molecule has 0 aromatic heterocycles. The molecule has 0 unspecified atom stereocenters. The van der Waals surface area contributed by atoms with Gasteiger partial charge in [-0.05, 0) is 60.9 Å². The van der Waals surface area contributed by atoms with Crippen LogP contribution in [0.25, 0.3) is 6.08 Å². The standard InChI is InChI=1S/C18H19NO3/c1-12-4-7-15(10-13(12)2)19-18(21)9-6-14-5-8-16(20)17(11-14)22-3/h4-11,20H,1-3H3,(H,19,21)/b9-6+. The van der Waals surface area contributed by atoms with Gasteiger partial charge in [-0.2, -0.15) is 0 Å². The maximum atomic E-state index is 11.9. The van der Waals surface area contributed by atoms with E-state index in [2.05, 4.69) is 5.32 Å². The van der Waals surface area contributed by atoms with Crippen molar-refractivity contribution in [1.29, 1.82) is 0 Å². The van der Waals surface area contributed by atoms with Gasteiger partial charge in [0.15, 0.2) is 11.5 Å². The zero-order chi connectivity index (χ0) is 16.1. The summed E-state index contributed by atoms with van der Waals surface area (Å²) in [7, 11) is 1.48. The number of carbonyl (C=O) groups is 1. The van der Waals surface area contributed by atoms with E-state index in [0.717, 1.165) is 16.8 Å². The molecule has 22 heavy (non-hydrogen) atoms. The van der Waals surface area contributed by atoms with E-state index in [1.807, 2.05) is 32.0 Å². The highest BCUT2D eigenvalue weighted by atomic mass is 16.5. The molecule has 4 nitrogen and oxygen atoms in total. The second kappa shape index (κ2) is 6.80. The molecule has 0 saturated carbocycles. The van der Waals surface area contributed by atoms with Crippen molar-refractivity contribution in [3.8, 4) is 11.5 Å². The van der Waals surface area contributed by atoms with Crippen molar-refractivity contribution >= 4 is 17.7 Å². The highest BCUT2D eigenvalue weighted by Gasteiger charge is 2.02. The lowest BCUT2D eigenvalue weighted by atomic mass is 10.1. The third-order valence-electron chi connectivity index (χ3n) is 3.41. The summed E-state index contributed by atoms with van der Waals surface area (Å²) in [5.74, 6) is 0.228. The van der Waals surface area contributed by atoms with Crippen molar-refractivity contribution in [2.24, 2.45) is 0 Å². The molecule has 2 aromatic carbocycles. The van der Waals surface area contributed by atoms with Gasteiger partial charge in [0.05, 0.1) is 7.11 Å². The number of nitrogens with one attached hydrogen (secondary N) is 1. The Bertz CT molecular complexity index is 720. The van der Waals surface area contributed by atoms with Gasteiger partial charge in [-0.25, -0.2) is 0 Å². The number of aromatic hydroxyl groups is 1. The van der Waals surface area contributed by atoms with Crippen LogP contribution in [0.15, 0.2) is 42.5 Å². The Kier molecular flexibility index (Phi) is 4.84.